The zero-order chi connectivity index (χ0) is 15.2. The number of hydrogen-bond donors (Lipinski definition) is 2. The first kappa shape index (κ1) is 16.3. The summed E-state index contributed by atoms with van der Waals surface area (Å²) in [6.45, 7) is 1.55. The van der Waals surface area contributed by atoms with Crippen LogP contribution >= 0.6 is 0 Å². The standard InChI is InChI=1S/C16H28N2O3/c1-18(14-7-2-3-8-14)10-9-17-15(19)12-5-4-6-13(11-12)16(20)21/h12-14H,2-11H2,1H3,(H,17,19)(H,20,21). The molecule has 0 aromatic heterocycles. The summed E-state index contributed by atoms with van der Waals surface area (Å²) in [5, 5.41) is 12.1. The number of amides is 1. The van der Waals surface area contributed by atoms with E-state index in [0.29, 0.717) is 25.4 Å². The van der Waals surface area contributed by atoms with Crippen molar-refractivity contribution in [1.29, 1.82) is 0 Å². The van der Waals surface area contributed by atoms with Crippen molar-refractivity contribution in [1.82, 2.24) is 10.2 Å². The molecule has 2 fully saturated rings. The van der Waals surface area contributed by atoms with Gasteiger partial charge in [-0.1, -0.05) is 19.3 Å². The summed E-state index contributed by atoms with van der Waals surface area (Å²) >= 11 is 0. The van der Waals surface area contributed by atoms with E-state index in [1.807, 2.05) is 0 Å². The van der Waals surface area contributed by atoms with Gasteiger partial charge in [0.2, 0.25) is 5.91 Å². The summed E-state index contributed by atoms with van der Waals surface area (Å²) in [6.07, 6.45) is 8.06. The first-order valence-electron chi connectivity index (χ1n) is 8.28. The van der Waals surface area contributed by atoms with E-state index in [1.54, 1.807) is 0 Å². The maximum Gasteiger partial charge on any atom is 0.306 e. The van der Waals surface area contributed by atoms with Gasteiger partial charge in [0.1, 0.15) is 0 Å². The second-order valence-electron chi connectivity index (χ2n) is 6.61. The van der Waals surface area contributed by atoms with Crippen molar-refractivity contribution in [3.8, 4) is 0 Å². The molecule has 2 unspecified atom stereocenters. The van der Waals surface area contributed by atoms with Crippen LogP contribution in [0.5, 0.6) is 0 Å². The minimum Gasteiger partial charge on any atom is -0.481 e. The number of rotatable bonds is 6. The van der Waals surface area contributed by atoms with E-state index in [2.05, 4.69) is 17.3 Å². The number of nitrogens with one attached hydrogen (secondary N) is 1. The molecular formula is C16H28N2O3. The molecule has 0 saturated heterocycles. The Balaban J connectivity index is 1.67. The molecule has 0 spiro atoms. The molecule has 0 aromatic carbocycles. The monoisotopic (exact) mass is 296 g/mol. The van der Waals surface area contributed by atoms with Crippen LogP contribution < -0.4 is 5.32 Å². The number of hydrogen-bond acceptors (Lipinski definition) is 3. The molecule has 0 aliphatic heterocycles. The predicted octanol–water partition coefficient (Wildman–Crippen LogP) is 1.87. The van der Waals surface area contributed by atoms with Crippen LogP contribution in [-0.2, 0) is 9.59 Å². The lowest BCUT2D eigenvalue weighted by Crippen LogP contribution is -2.40. The second-order valence-corrected chi connectivity index (χ2v) is 6.61. The summed E-state index contributed by atoms with van der Waals surface area (Å²) in [6, 6.07) is 0.674. The molecular weight excluding hydrogens is 268 g/mol. The average molecular weight is 296 g/mol. The molecule has 0 aromatic rings. The van der Waals surface area contributed by atoms with Gasteiger partial charge in [0.05, 0.1) is 5.92 Å². The van der Waals surface area contributed by atoms with E-state index in [-0.39, 0.29) is 17.7 Å². The number of aliphatic carboxylic acids is 1. The van der Waals surface area contributed by atoms with Gasteiger partial charge in [0, 0.05) is 25.0 Å². The number of carboxylic acids is 1. The van der Waals surface area contributed by atoms with Crippen molar-refractivity contribution in [2.45, 2.75) is 57.4 Å². The molecule has 5 heteroatoms. The van der Waals surface area contributed by atoms with Gasteiger partial charge in [-0.3, -0.25) is 9.59 Å². The molecule has 2 rings (SSSR count). The highest BCUT2D eigenvalue weighted by Gasteiger charge is 2.30. The Kier molecular flexibility index (Phi) is 6.03. The van der Waals surface area contributed by atoms with E-state index < -0.39 is 5.97 Å². The van der Waals surface area contributed by atoms with Crippen LogP contribution in [0.15, 0.2) is 0 Å². The van der Waals surface area contributed by atoms with Crippen LogP contribution in [0.3, 0.4) is 0 Å². The lowest BCUT2D eigenvalue weighted by molar-refractivity contribution is -0.144. The molecule has 0 radical (unpaired) electrons. The van der Waals surface area contributed by atoms with Crippen LogP contribution in [0.1, 0.15) is 51.4 Å². The molecule has 1 amide bonds. The molecule has 21 heavy (non-hydrogen) atoms. The highest BCUT2D eigenvalue weighted by atomic mass is 16.4. The Labute approximate surface area is 127 Å². The fourth-order valence-electron chi connectivity index (χ4n) is 3.68. The zero-order valence-corrected chi connectivity index (χ0v) is 13.0. The first-order valence-corrected chi connectivity index (χ1v) is 8.28. The van der Waals surface area contributed by atoms with E-state index in [9.17, 15) is 9.59 Å². The van der Waals surface area contributed by atoms with Crippen molar-refractivity contribution in [3.63, 3.8) is 0 Å². The van der Waals surface area contributed by atoms with E-state index in [4.69, 9.17) is 5.11 Å². The van der Waals surface area contributed by atoms with Crippen molar-refractivity contribution in [2.75, 3.05) is 20.1 Å². The summed E-state index contributed by atoms with van der Waals surface area (Å²) in [5.74, 6) is -1.17. The summed E-state index contributed by atoms with van der Waals surface area (Å²) in [4.78, 5) is 25.5. The largest absolute Gasteiger partial charge is 0.481 e. The van der Waals surface area contributed by atoms with Gasteiger partial charge in [0.25, 0.3) is 0 Å². The number of carbonyl (C=O) groups is 2. The number of carboxylic acid groups (broad SMARTS) is 1. The molecule has 5 nitrogen and oxygen atoms in total. The van der Waals surface area contributed by atoms with Gasteiger partial charge in [0.15, 0.2) is 0 Å². The van der Waals surface area contributed by atoms with Crippen LogP contribution in [0.25, 0.3) is 0 Å². The van der Waals surface area contributed by atoms with Crippen LogP contribution in [-0.4, -0.2) is 48.1 Å². The topological polar surface area (TPSA) is 69.6 Å². The highest BCUT2D eigenvalue weighted by Crippen LogP contribution is 2.29. The van der Waals surface area contributed by atoms with E-state index in [1.165, 1.54) is 25.7 Å². The average Bonchev–Trinajstić information content (AvgIpc) is 3.01. The van der Waals surface area contributed by atoms with Crippen LogP contribution in [0, 0.1) is 11.8 Å². The van der Waals surface area contributed by atoms with Crippen molar-refractivity contribution < 1.29 is 14.7 Å². The minimum absolute atomic E-state index is 0.0424. The Bertz CT molecular complexity index is 367. The number of carbonyl (C=O) groups excluding carboxylic acids is 1. The third-order valence-electron chi connectivity index (χ3n) is 5.11. The summed E-state index contributed by atoms with van der Waals surface area (Å²) < 4.78 is 0. The Hall–Kier alpha value is -1.10. The Morgan fingerprint density at radius 2 is 1.76 bits per heavy atom. The van der Waals surface area contributed by atoms with Gasteiger partial charge >= 0.3 is 5.97 Å². The van der Waals surface area contributed by atoms with Crippen molar-refractivity contribution in [2.24, 2.45) is 11.8 Å². The fourth-order valence-corrected chi connectivity index (χ4v) is 3.68. The highest BCUT2D eigenvalue weighted by molar-refractivity contribution is 5.80. The van der Waals surface area contributed by atoms with E-state index in [0.717, 1.165) is 19.4 Å². The van der Waals surface area contributed by atoms with Gasteiger partial charge in [-0.15, -0.1) is 0 Å². The lowest BCUT2D eigenvalue weighted by Gasteiger charge is -2.27. The molecule has 2 atom stereocenters. The van der Waals surface area contributed by atoms with Gasteiger partial charge < -0.3 is 15.3 Å². The fraction of sp³-hybridized carbons (Fsp3) is 0.875. The molecule has 2 saturated carbocycles. The first-order chi connectivity index (χ1) is 10.1. The molecule has 120 valence electrons. The Morgan fingerprint density at radius 1 is 1.10 bits per heavy atom. The molecule has 0 heterocycles. The maximum absolute atomic E-state index is 12.1. The molecule has 0 bridgehead atoms. The lowest BCUT2D eigenvalue weighted by atomic mass is 9.81. The number of nitrogens with zero attached hydrogens (tertiary/aromatic N) is 1. The van der Waals surface area contributed by atoms with E-state index >= 15 is 0 Å². The summed E-state index contributed by atoms with van der Waals surface area (Å²) in [5.41, 5.74) is 0. The quantitative estimate of drug-likeness (QED) is 0.785. The predicted molar refractivity (Wildman–Crippen MR) is 81.0 cm³/mol. The normalized spacial score (nSPS) is 27.0. The Morgan fingerprint density at radius 3 is 2.43 bits per heavy atom. The SMILES string of the molecule is CN(CCNC(=O)C1CCCC(C(=O)O)C1)C1CCCC1. The smallest absolute Gasteiger partial charge is 0.306 e. The third kappa shape index (κ3) is 4.70. The van der Waals surface area contributed by atoms with Crippen LogP contribution in [0.4, 0.5) is 0 Å². The third-order valence-corrected chi connectivity index (χ3v) is 5.11. The second kappa shape index (κ2) is 7.78. The molecule has 2 aliphatic rings. The van der Waals surface area contributed by atoms with Crippen molar-refractivity contribution >= 4 is 11.9 Å². The molecule has 2 aliphatic carbocycles. The van der Waals surface area contributed by atoms with Gasteiger partial charge in [-0.25, -0.2) is 0 Å². The van der Waals surface area contributed by atoms with Gasteiger partial charge in [-0.2, -0.15) is 0 Å². The van der Waals surface area contributed by atoms with Crippen molar-refractivity contribution in [3.05, 3.63) is 0 Å². The summed E-state index contributed by atoms with van der Waals surface area (Å²) in [7, 11) is 2.13. The maximum atomic E-state index is 12.1. The van der Waals surface area contributed by atoms with Crippen LogP contribution in [0.2, 0.25) is 0 Å². The number of likely N-dealkylation sites (N-methyl/N-ethyl adjacent to an activating group) is 1. The molecule has 2 N–H and O–H groups in total. The zero-order valence-electron chi connectivity index (χ0n) is 13.0. The van der Waals surface area contributed by atoms with Gasteiger partial charge in [-0.05, 0) is 39.2 Å². The minimum atomic E-state index is -0.756.